The van der Waals surface area contributed by atoms with Crippen molar-refractivity contribution in [2.75, 3.05) is 26.7 Å². The summed E-state index contributed by atoms with van der Waals surface area (Å²) in [5.74, 6) is 1.12. The van der Waals surface area contributed by atoms with Gasteiger partial charge >= 0.3 is 0 Å². The number of carbonyl (C=O) groups excluding carboxylic acids is 1. The van der Waals surface area contributed by atoms with Crippen LogP contribution < -0.4 is 10.1 Å². The third-order valence-corrected chi connectivity index (χ3v) is 6.18. The lowest BCUT2D eigenvalue weighted by Gasteiger charge is -2.33. The Bertz CT molecular complexity index is 831. The first kappa shape index (κ1) is 22.6. The van der Waals surface area contributed by atoms with E-state index in [0.29, 0.717) is 18.6 Å². The monoisotopic (exact) mass is 411 g/mol. The maximum absolute atomic E-state index is 13.0. The quantitative estimate of drug-likeness (QED) is 0.634. The van der Waals surface area contributed by atoms with E-state index < -0.39 is 0 Å². The van der Waals surface area contributed by atoms with E-state index in [2.05, 4.69) is 60.7 Å². The van der Waals surface area contributed by atoms with Crippen molar-refractivity contribution in [2.45, 2.75) is 65.6 Å². The molecule has 0 unspecified atom stereocenters. The van der Waals surface area contributed by atoms with Crippen LogP contribution in [0.15, 0.2) is 30.3 Å². The Labute approximate surface area is 181 Å². The van der Waals surface area contributed by atoms with Gasteiger partial charge in [-0.2, -0.15) is 0 Å². The fourth-order valence-electron chi connectivity index (χ4n) is 4.48. The molecule has 164 valence electrons. The molecule has 1 N–H and O–H groups in total. The van der Waals surface area contributed by atoms with Gasteiger partial charge < -0.3 is 14.6 Å². The van der Waals surface area contributed by atoms with Crippen LogP contribution >= 0.6 is 0 Å². The SMILES string of the molecule is COc1ccc(CCn2c(C)cc(C(=O)CN3CCC(NC(C)C)CC3)c2C)cc1. The molecule has 2 heterocycles. The van der Waals surface area contributed by atoms with Crippen molar-refractivity contribution < 1.29 is 9.53 Å². The molecule has 1 aromatic heterocycles. The van der Waals surface area contributed by atoms with Crippen molar-refractivity contribution in [1.29, 1.82) is 0 Å². The van der Waals surface area contributed by atoms with Gasteiger partial charge in [0.15, 0.2) is 5.78 Å². The number of hydrogen-bond donors (Lipinski definition) is 1. The van der Waals surface area contributed by atoms with Crippen LogP contribution in [-0.2, 0) is 13.0 Å². The van der Waals surface area contributed by atoms with Crippen LogP contribution in [0.2, 0.25) is 0 Å². The molecule has 0 amide bonds. The molecule has 1 saturated heterocycles. The predicted octanol–water partition coefficient (Wildman–Crippen LogP) is 4.00. The van der Waals surface area contributed by atoms with Gasteiger partial charge in [-0.05, 0) is 56.9 Å². The Balaban J connectivity index is 1.57. The minimum atomic E-state index is 0.245. The zero-order valence-corrected chi connectivity index (χ0v) is 19.2. The Morgan fingerprint density at radius 2 is 1.83 bits per heavy atom. The summed E-state index contributed by atoms with van der Waals surface area (Å²) in [4.78, 5) is 15.3. The molecule has 30 heavy (non-hydrogen) atoms. The first-order valence-electron chi connectivity index (χ1n) is 11.2. The Morgan fingerprint density at radius 1 is 1.17 bits per heavy atom. The first-order valence-corrected chi connectivity index (χ1v) is 11.2. The molecule has 1 aliphatic heterocycles. The number of Topliss-reactive ketones (excluding diaryl/α,β-unsaturated/α-hetero) is 1. The number of aryl methyl sites for hydroxylation is 2. The highest BCUT2D eigenvalue weighted by molar-refractivity contribution is 5.99. The van der Waals surface area contributed by atoms with Gasteiger partial charge in [0.2, 0.25) is 0 Å². The van der Waals surface area contributed by atoms with Crippen molar-refractivity contribution in [3.05, 3.63) is 52.8 Å². The third kappa shape index (κ3) is 5.73. The summed E-state index contributed by atoms with van der Waals surface area (Å²) in [5, 5.41) is 3.62. The highest BCUT2D eigenvalue weighted by atomic mass is 16.5. The second-order valence-corrected chi connectivity index (χ2v) is 8.83. The Morgan fingerprint density at radius 3 is 2.43 bits per heavy atom. The summed E-state index contributed by atoms with van der Waals surface area (Å²) in [6.07, 6.45) is 3.17. The molecule has 0 aliphatic carbocycles. The zero-order chi connectivity index (χ0) is 21.7. The number of hydrogen-bond acceptors (Lipinski definition) is 4. The Kier molecular flexibility index (Phi) is 7.73. The molecule has 5 nitrogen and oxygen atoms in total. The summed E-state index contributed by atoms with van der Waals surface area (Å²) in [6, 6.07) is 11.4. The van der Waals surface area contributed by atoms with Gasteiger partial charge in [0.1, 0.15) is 5.75 Å². The van der Waals surface area contributed by atoms with Crippen LogP contribution in [0.25, 0.3) is 0 Å². The lowest BCUT2D eigenvalue weighted by atomic mass is 10.0. The van der Waals surface area contributed by atoms with Crippen LogP contribution in [0.1, 0.15) is 54.0 Å². The Hall–Kier alpha value is -2.11. The summed E-state index contributed by atoms with van der Waals surface area (Å²) in [7, 11) is 1.69. The molecular weight excluding hydrogens is 374 g/mol. The van der Waals surface area contributed by atoms with Crippen LogP contribution in [0, 0.1) is 13.8 Å². The van der Waals surface area contributed by atoms with Gasteiger partial charge in [0.25, 0.3) is 0 Å². The second kappa shape index (κ2) is 10.3. The van der Waals surface area contributed by atoms with Crippen molar-refractivity contribution in [3.8, 4) is 5.75 Å². The highest BCUT2D eigenvalue weighted by Crippen LogP contribution is 2.19. The van der Waals surface area contributed by atoms with Gasteiger partial charge in [0, 0.05) is 48.7 Å². The third-order valence-electron chi connectivity index (χ3n) is 6.18. The molecule has 1 aromatic carbocycles. The fraction of sp³-hybridized carbons (Fsp3) is 0.560. The number of ketones is 1. The number of nitrogens with one attached hydrogen (secondary N) is 1. The van der Waals surface area contributed by atoms with Gasteiger partial charge in [-0.15, -0.1) is 0 Å². The molecule has 0 spiro atoms. The van der Waals surface area contributed by atoms with E-state index in [1.807, 2.05) is 12.1 Å². The van der Waals surface area contributed by atoms with E-state index in [0.717, 1.165) is 61.6 Å². The molecule has 1 aliphatic rings. The number of piperidine rings is 1. The van der Waals surface area contributed by atoms with Crippen molar-refractivity contribution in [3.63, 3.8) is 0 Å². The van der Waals surface area contributed by atoms with E-state index in [1.165, 1.54) is 5.56 Å². The molecule has 5 heteroatoms. The predicted molar refractivity (Wildman–Crippen MR) is 123 cm³/mol. The summed E-state index contributed by atoms with van der Waals surface area (Å²) in [6.45, 7) is 12.0. The van der Waals surface area contributed by atoms with E-state index in [1.54, 1.807) is 7.11 Å². The van der Waals surface area contributed by atoms with E-state index in [4.69, 9.17) is 4.74 Å². The van der Waals surface area contributed by atoms with Crippen LogP contribution in [0.4, 0.5) is 0 Å². The largest absolute Gasteiger partial charge is 0.497 e. The topological polar surface area (TPSA) is 46.5 Å². The van der Waals surface area contributed by atoms with Gasteiger partial charge in [-0.1, -0.05) is 26.0 Å². The van der Waals surface area contributed by atoms with Gasteiger partial charge in [-0.3, -0.25) is 9.69 Å². The molecule has 0 radical (unpaired) electrons. The van der Waals surface area contributed by atoms with Crippen LogP contribution in [-0.4, -0.2) is 54.1 Å². The maximum atomic E-state index is 13.0. The highest BCUT2D eigenvalue weighted by Gasteiger charge is 2.23. The number of ether oxygens (including phenoxy) is 1. The number of rotatable bonds is 9. The molecule has 0 bridgehead atoms. The minimum Gasteiger partial charge on any atom is -0.497 e. The number of methoxy groups -OCH3 is 1. The van der Waals surface area contributed by atoms with E-state index in [9.17, 15) is 4.79 Å². The summed E-state index contributed by atoms with van der Waals surface area (Å²) < 4.78 is 7.51. The maximum Gasteiger partial charge on any atom is 0.178 e. The first-order chi connectivity index (χ1) is 14.4. The number of nitrogens with zero attached hydrogens (tertiary/aromatic N) is 2. The minimum absolute atomic E-state index is 0.245. The molecule has 1 fully saturated rings. The fourth-order valence-corrected chi connectivity index (χ4v) is 4.48. The molecule has 0 saturated carbocycles. The molecule has 2 aromatic rings. The molecule has 0 atom stereocenters. The van der Waals surface area contributed by atoms with Gasteiger partial charge in [-0.25, -0.2) is 0 Å². The zero-order valence-electron chi connectivity index (χ0n) is 19.2. The lowest BCUT2D eigenvalue weighted by molar-refractivity contribution is 0.0902. The molecular formula is C25H37N3O2. The number of carbonyl (C=O) groups is 1. The lowest BCUT2D eigenvalue weighted by Crippen LogP contribution is -2.46. The second-order valence-electron chi connectivity index (χ2n) is 8.83. The van der Waals surface area contributed by atoms with Crippen molar-refractivity contribution in [1.82, 2.24) is 14.8 Å². The number of likely N-dealkylation sites (tertiary alicyclic amines) is 1. The standard InChI is InChI=1S/C25H37N3O2/c1-18(2)26-22-11-13-27(14-12-22)17-25(29)24-16-19(3)28(20(24)4)15-10-21-6-8-23(30-5)9-7-21/h6-9,16,18,22,26H,10-15,17H2,1-5H3. The normalized spacial score (nSPS) is 15.7. The van der Waals surface area contributed by atoms with E-state index in [-0.39, 0.29) is 5.78 Å². The van der Waals surface area contributed by atoms with Crippen molar-refractivity contribution in [2.24, 2.45) is 0 Å². The van der Waals surface area contributed by atoms with Crippen LogP contribution in [0.3, 0.4) is 0 Å². The van der Waals surface area contributed by atoms with Crippen LogP contribution in [0.5, 0.6) is 5.75 Å². The summed E-state index contributed by atoms with van der Waals surface area (Å²) >= 11 is 0. The number of aromatic nitrogens is 1. The molecule has 3 rings (SSSR count). The number of benzene rings is 1. The average Bonchev–Trinajstić information content (AvgIpc) is 3.01. The average molecular weight is 412 g/mol. The van der Waals surface area contributed by atoms with Gasteiger partial charge in [0.05, 0.1) is 13.7 Å². The summed E-state index contributed by atoms with van der Waals surface area (Å²) in [5.41, 5.74) is 4.39. The smallest absolute Gasteiger partial charge is 0.178 e. The van der Waals surface area contributed by atoms with Crippen molar-refractivity contribution >= 4 is 5.78 Å². The van der Waals surface area contributed by atoms with E-state index >= 15 is 0 Å².